The second-order valence-electron chi connectivity index (χ2n) is 5.63. The van der Waals surface area contributed by atoms with Crippen molar-refractivity contribution < 1.29 is 4.79 Å². The van der Waals surface area contributed by atoms with E-state index in [1.807, 2.05) is 51.1 Å². The normalized spacial score (nSPS) is 12.2. The smallest absolute Gasteiger partial charge is 0.254 e. The number of hydrogen-bond donors (Lipinski definition) is 1. The summed E-state index contributed by atoms with van der Waals surface area (Å²) in [6.07, 6.45) is 1.43. The van der Waals surface area contributed by atoms with E-state index in [-0.39, 0.29) is 30.0 Å². The zero-order chi connectivity index (χ0) is 16.1. The highest BCUT2D eigenvalue weighted by atomic mass is 16.2. The third-order valence-electron chi connectivity index (χ3n) is 3.48. The molecule has 1 heterocycles. The molecule has 1 aromatic heterocycles. The molecule has 0 saturated heterocycles. The lowest BCUT2D eigenvalue weighted by Gasteiger charge is -2.15. The number of amides is 1. The maximum Gasteiger partial charge on any atom is 0.254 e. The summed E-state index contributed by atoms with van der Waals surface area (Å²) in [6.45, 7) is 5.83. The zero-order valence-corrected chi connectivity index (χ0v) is 13.1. The highest BCUT2D eigenvalue weighted by Crippen LogP contribution is 2.11. The van der Waals surface area contributed by atoms with Crippen LogP contribution < -0.4 is 10.9 Å². The zero-order valence-electron chi connectivity index (χ0n) is 13.1. The van der Waals surface area contributed by atoms with Gasteiger partial charge >= 0.3 is 0 Å². The molecule has 1 N–H and O–H groups in total. The Balaban J connectivity index is 2.02. The van der Waals surface area contributed by atoms with Gasteiger partial charge in [-0.3, -0.25) is 14.2 Å². The maximum atomic E-state index is 12.1. The van der Waals surface area contributed by atoms with E-state index in [4.69, 9.17) is 0 Å². The van der Waals surface area contributed by atoms with Crippen molar-refractivity contribution in [3.05, 3.63) is 64.3 Å². The van der Waals surface area contributed by atoms with Crippen molar-refractivity contribution >= 4 is 5.91 Å². The first-order chi connectivity index (χ1) is 10.5. The Morgan fingerprint density at radius 1 is 1.23 bits per heavy atom. The molecule has 0 bridgehead atoms. The van der Waals surface area contributed by atoms with Crippen LogP contribution in [0.5, 0.6) is 0 Å². The van der Waals surface area contributed by atoms with Crippen molar-refractivity contribution in [3.63, 3.8) is 0 Å². The Bertz CT molecular complexity index is 693. The summed E-state index contributed by atoms with van der Waals surface area (Å²) in [5.41, 5.74) is 1.55. The minimum Gasteiger partial charge on any atom is -0.348 e. The largest absolute Gasteiger partial charge is 0.348 e. The van der Waals surface area contributed by atoms with Gasteiger partial charge in [0.25, 0.3) is 5.56 Å². The molecular formula is C17H21N3O2. The molecule has 22 heavy (non-hydrogen) atoms. The van der Waals surface area contributed by atoms with Crippen LogP contribution >= 0.6 is 0 Å². The predicted octanol–water partition coefficient (Wildman–Crippen LogP) is 2.24. The van der Waals surface area contributed by atoms with Gasteiger partial charge in [-0.15, -0.1) is 0 Å². The van der Waals surface area contributed by atoms with Gasteiger partial charge in [-0.25, -0.2) is 4.98 Å². The molecule has 0 saturated carbocycles. The quantitative estimate of drug-likeness (QED) is 0.921. The van der Waals surface area contributed by atoms with Gasteiger partial charge in [-0.05, 0) is 18.4 Å². The monoisotopic (exact) mass is 299 g/mol. The van der Waals surface area contributed by atoms with Crippen molar-refractivity contribution in [2.75, 3.05) is 0 Å². The minimum absolute atomic E-state index is 0.0264. The van der Waals surface area contributed by atoms with Crippen LogP contribution in [0.1, 0.15) is 44.0 Å². The second kappa shape index (κ2) is 7.02. The van der Waals surface area contributed by atoms with Gasteiger partial charge in [0.1, 0.15) is 6.54 Å². The molecule has 0 spiro atoms. The fourth-order valence-electron chi connectivity index (χ4n) is 2.14. The topological polar surface area (TPSA) is 64.0 Å². The molecule has 1 amide bonds. The number of aromatic nitrogens is 2. The first-order valence-corrected chi connectivity index (χ1v) is 7.38. The van der Waals surface area contributed by atoms with Gasteiger partial charge in [0, 0.05) is 6.07 Å². The Morgan fingerprint density at radius 2 is 1.91 bits per heavy atom. The van der Waals surface area contributed by atoms with Crippen LogP contribution in [0.25, 0.3) is 0 Å². The highest BCUT2D eigenvalue weighted by molar-refractivity contribution is 5.76. The van der Waals surface area contributed by atoms with E-state index in [0.29, 0.717) is 0 Å². The van der Waals surface area contributed by atoms with E-state index in [9.17, 15) is 9.59 Å². The van der Waals surface area contributed by atoms with Crippen LogP contribution in [-0.2, 0) is 11.3 Å². The van der Waals surface area contributed by atoms with Crippen molar-refractivity contribution in [2.45, 2.75) is 39.3 Å². The summed E-state index contributed by atoms with van der Waals surface area (Å²) in [4.78, 5) is 28.3. The molecule has 5 heteroatoms. The number of carbonyl (C=O) groups is 1. The number of hydrogen-bond acceptors (Lipinski definition) is 3. The van der Waals surface area contributed by atoms with Gasteiger partial charge in [-0.1, -0.05) is 44.2 Å². The summed E-state index contributed by atoms with van der Waals surface area (Å²) >= 11 is 0. The van der Waals surface area contributed by atoms with Crippen LogP contribution in [0.15, 0.2) is 47.5 Å². The van der Waals surface area contributed by atoms with E-state index in [2.05, 4.69) is 10.3 Å². The summed E-state index contributed by atoms with van der Waals surface area (Å²) in [5, 5.41) is 2.88. The van der Waals surface area contributed by atoms with Crippen molar-refractivity contribution in [3.8, 4) is 0 Å². The highest BCUT2D eigenvalue weighted by Gasteiger charge is 2.11. The van der Waals surface area contributed by atoms with Crippen LogP contribution in [0.2, 0.25) is 0 Å². The summed E-state index contributed by atoms with van der Waals surface area (Å²) in [7, 11) is 0. The van der Waals surface area contributed by atoms with E-state index in [1.54, 1.807) is 0 Å². The number of carbonyl (C=O) groups excluding carboxylic acids is 1. The Labute approximate surface area is 130 Å². The molecule has 1 aromatic carbocycles. The van der Waals surface area contributed by atoms with Gasteiger partial charge in [0.15, 0.2) is 0 Å². The van der Waals surface area contributed by atoms with Gasteiger partial charge < -0.3 is 5.32 Å². The summed E-state index contributed by atoms with van der Waals surface area (Å²) in [6, 6.07) is 11.1. The SMILES string of the molecule is CC(C)c1cc(=O)n(CC(=O)N[C@H](C)c2ccccc2)cn1. The standard InChI is InChI=1S/C17H21N3O2/c1-12(2)15-9-17(22)20(11-18-15)10-16(21)19-13(3)14-7-5-4-6-8-14/h4-9,11-13H,10H2,1-3H3,(H,19,21)/t13-/m1/s1. The molecule has 0 unspecified atom stereocenters. The first-order valence-electron chi connectivity index (χ1n) is 7.38. The molecule has 0 fully saturated rings. The van der Waals surface area contributed by atoms with Gasteiger partial charge in [-0.2, -0.15) is 0 Å². The van der Waals surface area contributed by atoms with Gasteiger partial charge in [0.05, 0.1) is 18.1 Å². The van der Waals surface area contributed by atoms with E-state index in [1.165, 1.54) is 17.0 Å². The van der Waals surface area contributed by atoms with Crippen LogP contribution in [-0.4, -0.2) is 15.5 Å². The molecule has 0 aliphatic rings. The Morgan fingerprint density at radius 3 is 2.50 bits per heavy atom. The molecule has 1 atom stereocenters. The second-order valence-corrected chi connectivity index (χ2v) is 5.63. The van der Waals surface area contributed by atoms with Crippen LogP contribution in [0.4, 0.5) is 0 Å². The lowest BCUT2D eigenvalue weighted by atomic mass is 10.1. The lowest BCUT2D eigenvalue weighted by molar-refractivity contribution is -0.122. The Kier molecular flexibility index (Phi) is 5.09. The van der Waals surface area contributed by atoms with E-state index >= 15 is 0 Å². The fraction of sp³-hybridized carbons (Fsp3) is 0.353. The molecule has 0 aliphatic heterocycles. The maximum absolute atomic E-state index is 12.1. The third kappa shape index (κ3) is 4.04. The molecule has 0 radical (unpaired) electrons. The third-order valence-corrected chi connectivity index (χ3v) is 3.48. The van der Waals surface area contributed by atoms with E-state index < -0.39 is 0 Å². The Hall–Kier alpha value is -2.43. The average Bonchev–Trinajstić information content (AvgIpc) is 2.50. The molecule has 5 nitrogen and oxygen atoms in total. The number of nitrogens with one attached hydrogen (secondary N) is 1. The predicted molar refractivity (Wildman–Crippen MR) is 85.6 cm³/mol. The minimum atomic E-state index is -0.211. The van der Waals surface area contributed by atoms with Crippen molar-refractivity contribution in [2.24, 2.45) is 0 Å². The molecule has 116 valence electrons. The number of nitrogens with zero attached hydrogens (tertiary/aromatic N) is 2. The molecule has 2 aromatic rings. The first kappa shape index (κ1) is 15.9. The number of benzene rings is 1. The molecule has 0 aliphatic carbocycles. The van der Waals surface area contributed by atoms with Crippen molar-refractivity contribution in [1.82, 2.24) is 14.9 Å². The lowest BCUT2D eigenvalue weighted by Crippen LogP contribution is -2.34. The van der Waals surface area contributed by atoms with E-state index in [0.717, 1.165) is 11.3 Å². The summed E-state index contributed by atoms with van der Waals surface area (Å²) < 4.78 is 1.32. The average molecular weight is 299 g/mol. The van der Waals surface area contributed by atoms with Crippen LogP contribution in [0, 0.1) is 0 Å². The van der Waals surface area contributed by atoms with Crippen molar-refractivity contribution in [1.29, 1.82) is 0 Å². The van der Waals surface area contributed by atoms with Gasteiger partial charge in [0.2, 0.25) is 5.91 Å². The van der Waals surface area contributed by atoms with Crippen LogP contribution in [0.3, 0.4) is 0 Å². The summed E-state index contributed by atoms with van der Waals surface area (Å²) in [5.74, 6) is -0.0215. The fourth-order valence-corrected chi connectivity index (χ4v) is 2.14. The molecular weight excluding hydrogens is 278 g/mol. The number of rotatable bonds is 5. The molecule has 2 rings (SSSR count).